The van der Waals surface area contributed by atoms with Crippen LogP contribution in [-0.2, 0) is 5.33 Å². The Morgan fingerprint density at radius 1 is 1.23 bits per heavy atom. The van der Waals surface area contributed by atoms with Crippen molar-refractivity contribution in [2.45, 2.75) is 18.4 Å². The number of benzene rings is 1. The van der Waals surface area contributed by atoms with Crippen molar-refractivity contribution in [1.82, 2.24) is 0 Å². The first-order chi connectivity index (χ1) is 6.22. The monoisotopic (exact) mass is 253 g/mol. The lowest BCUT2D eigenvalue weighted by atomic mass is 10.1. The fourth-order valence-electron chi connectivity index (χ4n) is 0.981. The largest absolute Gasteiger partial charge is 0.0961 e. The molecule has 0 nitrogen and oxygen atoms in total. The molecule has 1 aromatic rings. The molecule has 0 saturated carbocycles. The van der Waals surface area contributed by atoms with Crippen molar-refractivity contribution in [2.24, 2.45) is 0 Å². The van der Waals surface area contributed by atoms with Gasteiger partial charge in [-0.1, -0.05) is 65.1 Å². The van der Waals surface area contributed by atoms with E-state index in [4.69, 9.17) is 0 Å². The van der Waals surface area contributed by atoms with Crippen LogP contribution in [0.25, 0.3) is 6.08 Å². The minimum atomic E-state index is -0.237. The fraction of sp³-hybridized carbons (Fsp3) is 0.273. The zero-order chi connectivity index (χ0) is 9.68. The molecule has 0 aromatic heterocycles. The van der Waals surface area contributed by atoms with Crippen molar-refractivity contribution in [3.05, 3.63) is 41.1 Å². The average molecular weight is 254 g/mol. The summed E-state index contributed by atoms with van der Waals surface area (Å²) >= 11 is 3.43. The molecular weight excluding hydrogens is 240 g/mol. The summed E-state index contributed by atoms with van der Waals surface area (Å²) in [5.41, 5.74) is 4.94. The highest BCUT2D eigenvalue weighted by atomic mass is 79.9. The van der Waals surface area contributed by atoms with Gasteiger partial charge in [0.15, 0.2) is 0 Å². The van der Waals surface area contributed by atoms with Crippen LogP contribution in [0, 0.1) is 0 Å². The highest BCUT2D eigenvalue weighted by Crippen LogP contribution is 2.09. The highest BCUT2D eigenvalue weighted by molar-refractivity contribution is 9.08. The van der Waals surface area contributed by atoms with Crippen molar-refractivity contribution in [3.63, 3.8) is 0 Å². The van der Waals surface area contributed by atoms with E-state index >= 15 is 0 Å². The topological polar surface area (TPSA) is 0 Å². The molecule has 0 fully saturated rings. The molecule has 0 spiro atoms. The molecule has 0 saturated heterocycles. The Labute approximate surface area is 90.4 Å². The normalized spacial score (nSPS) is 11.4. The minimum Gasteiger partial charge on any atom is -0.0961 e. The van der Waals surface area contributed by atoms with Crippen LogP contribution in [0.15, 0.2) is 30.0 Å². The molecule has 0 bridgehead atoms. The van der Waals surface area contributed by atoms with Crippen molar-refractivity contribution in [1.29, 1.82) is 0 Å². The third-order valence-electron chi connectivity index (χ3n) is 1.74. The van der Waals surface area contributed by atoms with E-state index in [0.717, 1.165) is 5.33 Å². The molecule has 0 aliphatic heterocycles. The summed E-state index contributed by atoms with van der Waals surface area (Å²) < 4.78 is 0. The van der Waals surface area contributed by atoms with E-state index < -0.39 is 0 Å². The fourth-order valence-corrected chi connectivity index (χ4v) is 1.88. The molecule has 1 rings (SSSR count). The van der Waals surface area contributed by atoms with Crippen molar-refractivity contribution in [3.8, 4) is 0 Å². The molecule has 1 radical (unpaired) electrons. The molecule has 2 heteroatoms. The van der Waals surface area contributed by atoms with Gasteiger partial charge >= 0.3 is 0 Å². The molecule has 0 atom stereocenters. The molecule has 0 unspecified atom stereocenters. The molecule has 0 heterocycles. The Morgan fingerprint density at radius 2 is 1.85 bits per heavy atom. The van der Waals surface area contributed by atoms with Gasteiger partial charge < -0.3 is 0 Å². The number of halogens is 1. The van der Waals surface area contributed by atoms with E-state index in [9.17, 15) is 0 Å². The highest BCUT2D eigenvalue weighted by Gasteiger charge is 1.90. The van der Waals surface area contributed by atoms with E-state index in [1.54, 1.807) is 0 Å². The summed E-state index contributed by atoms with van der Waals surface area (Å²) in [5.74, 6) is 0. The lowest BCUT2D eigenvalue weighted by Crippen LogP contribution is -1.91. The number of hydrogen-bond acceptors (Lipinski definition) is 0. The number of rotatable bonds is 3. The van der Waals surface area contributed by atoms with E-state index in [1.807, 2.05) is 0 Å². The smallest absolute Gasteiger partial charge is 0.0693 e. The summed E-state index contributed by atoms with van der Waals surface area (Å²) in [5, 5.41) is 0.938. The van der Waals surface area contributed by atoms with Gasteiger partial charge in [-0.3, -0.25) is 0 Å². The van der Waals surface area contributed by atoms with Crippen LogP contribution in [0.1, 0.15) is 11.1 Å². The summed E-state index contributed by atoms with van der Waals surface area (Å²) in [6, 6.07) is 8.65. The second-order valence-electron chi connectivity index (χ2n) is 3.29. The van der Waals surface area contributed by atoms with Crippen LogP contribution in [0.3, 0.4) is 0 Å². The van der Waals surface area contributed by atoms with E-state index in [2.05, 4.69) is 65.1 Å². The van der Waals surface area contributed by atoms with Gasteiger partial charge in [0.05, 0.1) is 8.80 Å². The Hall–Kier alpha value is -0.343. The number of hydrogen-bond donors (Lipinski definition) is 0. The molecule has 0 amide bonds. The molecule has 0 aliphatic carbocycles. The zero-order valence-corrected chi connectivity index (χ0v) is 10.6. The van der Waals surface area contributed by atoms with E-state index in [-0.39, 0.29) is 8.80 Å². The van der Waals surface area contributed by atoms with Crippen LogP contribution < -0.4 is 0 Å². The molecule has 69 valence electrons. The molecular formula is C11H14BrSi. The van der Waals surface area contributed by atoms with Crippen LogP contribution >= 0.6 is 15.9 Å². The lowest BCUT2D eigenvalue weighted by molar-refractivity contribution is 1.43. The summed E-state index contributed by atoms with van der Waals surface area (Å²) in [6.07, 6.45) is 2.21. The Balaban J connectivity index is 2.69. The zero-order valence-electron chi connectivity index (χ0n) is 8.05. The lowest BCUT2D eigenvalue weighted by Gasteiger charge is -1.97. The van der Waals surface area contributed by atoms with Gasteiger partial charge in [-0.25, -0.2) is 0 Å². The maximum atomic E-state index is 3.43. The first-order valence-corrected chi connectivity index (χ1v) is 8.05. The Morgan fingerprint density at radius 3 is 2.31 bits per heavy atom. The Bertz CT molecular complexity index is 275. The van der Waals surface area contributed by atoms with Crippen molar-refractivity contribution >= 4 is 30.8 Å². The van der Waals surface area contributed by atoms with Crippen molar-refractivity contribution < 1.29 is 0 Å². The molecule has 13 heavy (non-hydrogen) atoms. The van der Waals surface area contributed by atoms with Crippen LogP contribution in [0.4, 0.5) is 0 Å². The van der Waals surface area contributed by atoms with Gasteiger partial charge in [0.1, 0.15) is 0 Å². The molecule has 1 aromatic carbocycles. The summed E-state index contributed by atoms with van der Waals surface area (Å²) in [4.78, 5) is 0. The van der Waals surface area contributed by atoms with Gasteiger partial charge in [-0.05, 0) is 11.1 Å². The summed E-state index contributed by atoms with van der Waals surface area (Å²) in [6.45, 7) is 4.57. The summed E-state index contributed by atoms with van der Waals surface area (Å²) in [7, 11) is -0.237. The van der Waals surface area contributed by atoms with Crippen LogP contribution in [0.2, 0.25) is 13.1 Å². The standard InChI is InChI=1S/C11H14BrSi/c1-13(2)8-7-10-3-5-11(9-12)6-4-10/h3-8H,9H2,1-2H3. The SMILES string of the molecule is C[Si](C)C=Cc1ccc(CBr)cc1. The maximum Gasteiger partial charge on any atom is 0.0693 e. The molecule has 0 aliphatic rings. The van der Waals surface area contributed by atoms with Gasteiger partial charge in [0, 0.05) is 5.33 Å². The second-order valence-corrected chi connectivity index (χ2v) is 6.33. The quantitative estimate of drug-likeness (QED) is 0.567. The van der Waals surface area contributed by atoms with Gasteiger partial charge in [-0.15, -0.1) is 0 Å². The predicted molar refractivity (Wildman–Crippen MR) is 65.6 cm³/mol. The average Bonchev–Trinajstić information content (AvgIpc) is 2.15. The molecule has 0 N–H and O–H groups in total. The Kier molecular flexibility index (Phi) is 4.46. The second kappa shape index (κ2) is 5.40. The van der Waals surface area contributed by atoms with Gasteiger partial charge in [-0.2, -0.15) is 0 Å². The third-order valence-corrected chi connectivity index (χ3v) is 3.22. The maximum absolute atomic E-state index is 3.43. The van der Waals surface area contributed by atoms with Crippen LogP contribution in [-0.4, -0.2) is 8.80 Å². The predicted octanol–water partition coefficient (Wildman–Crippen LogP) is 3.89. The van der Waals surface area contributed by atoms with E-state index in [0.29, 0.717) is 0 Å². The third kappa shape index (κ3) is 3.92. The van der Waals surface area contributed by atoms with Crippen LogP contribution in [0.5, 0.6) is 0 Å². The minimum absolute atomic E-state index is 0.237. The number of alkyl halides is 1. The first-order valence-electron chi connectivity index (χ1n) is 4.35. The van der Waals surface area contributed by atoms with Gasteiger partial charge in [0.25, 0.3) is 0 Å². The van der Waals surface area contributed by atoms with E-state index in [1.165, 1.54) is 11.1 Å². The first kappa shape index (κ1) is 10.7. The van der Waals surface area contributed by atoms with Gasteiger partial charge in [0.2, 0.25) is 0 Å². The van der Waals surface area contributed by atoms with Crippen molar-refractivity contribution in [2.75, 3.05) is 0 Å².